The fourth-order valence-corrected chi connectivity index (χ4v) is 17.9. The minimum atomic E-state index is -0.0844. The number of nitrogens with zero attached hydrogens (tertiary/aromatic N) is 21. The Morgan fingerprint density at radius 1 is 0.420 bits per heavy atom. The van der Waals surface area contributed by atoms with Crippen LogP contribution in [0.2, 0.25) is 0 Å². The first-order valence-corrected chi connectivity index (χ1v) is 41.7. The molecule has 14 aromatic heterocycles. The number of pyridine rings is 4. The Balaban J connectivity index is 0.000000114. The summed E-state index contributed by atoms with van der Waals surface area (Å²) in [4.78, 5) is 94.1. The average molecular weight is 1600 g/mol. The normalized spacial score (nSPS) is 16.6. The third kappa shape index (κ3) is 16.5. The molecule has 0 unspecified atom stereocenters. The number of aryl methyl sites for hydroxylation is 7. The summed E-state index contributed by atoms with van der Waals surface area (Å²) in [6.45, 7) is 27.9. The number of rotatable bonds is 12. The maximum absolute atomic E-state index is 13.2. The Hall–Kier alpha value is -12.2. The minimum Gasteiger partial charge on any atom is -0.493 e. The third-order valence-electron chi connectivity index (χ3n) is 24.5. The van der Waals surface area contributed by atoms with E-state index in [-0.39, 0.29) is 22.2 Å². The second-order valence-corrected chi connectivity index (χ2v) is 32.4. The highest BCUT2D eigenvalue weighted by atomic mass is 16.5. The lowest BCUT2D eigenvalue weighted by atomic mass is 9.90. The van der Waals surface area contributed by atoms with Gasteiger partial charge in [-0.1, -0.05) is 32.0 Å². The number of ether oxygens (including phenoxy) is 2. The third-order valence-corrected chi connectivity index (χ3v) is 24.5. The fraction of sp³-hybridized carbons (Fsp3) is 0.385. The van der Waals surface area contributed by atoms with Crippen LogP contribution in [0.15, 0.2) is 166 Å². The number of hydrogen-bond donors (Lipinski definition) is 1. The van der Waals surface area contributed by atoms with E-state index in [4.69, 9.17) is 29.4 Å². The molecule has 0 saturated carbocycles. The molecule has 1 N–H and O–H groups in total. The lowest BCUT2D eigenvalue weighted by Gasteiger charge is -2.39. The van der Waals surface area contributed by atoms with E-state index in [0.717, 1.165) is 178 Å². The monoisotopic (exact) mass is 1600 g/mol. The number of nitrogens with one attached hydrogen (secondary N) is 1. The van der Waals surface area contributed by atoms with Gasteiger partial charge in [0.15, 0.2) is 11.5 Å². The highest BCUT2D eigenvalue weighted by molar-refractivity contribution is 5.71. The van der Waals surface area contributed by atoms with Gasteiger partial charge < -0.3 is 29.5 Å². The molecule has 28 nitrogen and oxygen atoms in total. The SMILES string of the molecule is CCN1CCC(c2ccc3nc(-c4cc5c(C)nc(C)cn5n4)cc(=O)n3c2)CC1.CCc1cc(N2CCN3CCC[C@@H]3C2)cn2c(=O)cc(-c3ccc(OC)c(OC)c3)nc12.Cc1cn2nc(-c3cc(=O)n4cc(C5CCN(C)CC5)ccc4n3)cc2c(C)n1.Cc1cn2nc(-c3cc(=O)n4cc(C5CCNCC5)ccc4n3)cc2c(C)n1. The summed E-state index contributed by atoms with van der Waals surface area (Å²) in [5.74, 6) is 2.76. The number of benzene rings is 1. The van der Waals surface area contributed by atoms with Gasteiger partial charge in [0.05, 0.1) is 112 Å². The van der Waals surface area contributed by atoms with Crippen molar-refractivity contribution >= 4 is 44.8 Å². The number of likely N-dealkylation sites (tertiary alicyclic amines) is 2. The van der Waals surface area contributed by atoms with Gasteiger partial charge in [-0.2, -0.15) is 15.3 Å². The quantitative estimate of drug-likeness (QED) is 0.119. The van der Waals surface area contributed by atoms with Gasteiger partial charge >= 0.3 is 0 Å². The van der Waals surface area contributed by atoms with Crippen molar-refractivity contribution in [3.8, 4) is 56.9 Å². The average Bonchev–Trinajstić information content (AvgIpc) is 1.77. The molecule has 19 heterocycles. The predicted octanol–water partition coefficient (Wildman–Crippen LogP) is 11.8. The molecule has 5 saturated heterocycles. The van der Waals surface area contributed by atoms with Crippen LogP contribution >= 0.6 is 0 Å². The number of fused-ring (bicyclic) bond motifs is 8. The largest absolute Gasteiger partial charge is 0.493 e. The van der Waals surface area contributed by atoms with Crippen LogP contribution in [0.5, 0.6) is 11.5 Å². The summed E-state index contributed by atoms with van der Waals surface area (Å²) in [6.07, 6.45) is 23.6. The molecule has 612 valence electrons. The van der Waals surface area contributed by atoms with E-state index in [1.807, 2.05) is 144 Å². The maximum Gasteiger partial charge on any atom is 0.258 e. The first-order chi connectivity index (χ1) is 57.7. The van der Waals surface area contributed by atoms with Gasteiger partial charge in [-0.25, -0.2) is 33.5 Å². The second kappa shape index (κ2) is 33.6. The van der Waals surface area contributed by atoms with Crippen LogP contribution in [0.4, 0.5) is 5.69 Å². The molecule has 1 aromatic carbocycles. The van der Waals surface area contributed by atoms with Gasteiger partial charge in [0.25, 0.3) is 22.2 Å². The molecule has 28 heteroatoms. The molecule has 0 aliphatic carbocycles. The van der Waals surface area contributed by atoms with Crippen molar-refractivity contribution < 1.29 is 9.47 Å². The van der Waals surface area contributed by atoms with Gasteiger partial charge in [0.1, 0.15) is 39.7 Å². The van der Waals surface area contributed by atoms with E-state index in [0.29, 0.717) is 97.7 Å². The second-order valence-electron chi connectivity index (χ2n) is 32.4. The van der Waals surface area contributed by atoms with Crippen LogP contribution < -0.4 is 41.9 Å². The zero-order valence-electron chi connectivity index (χ0n) is 69.6. The molecule has 15 aromatic rings. The molecule has 5 aliphatic heterocycles. The Bertz CT molecular complexity index is 6610. The van der Waals surface area contributed by atoms with Crippen LogP contribution in [-0.4, -0.2) is 195 Å². The summed E-state index contributed by atoms with van der Waals surface area (Å²) >= 11 is 0. The summed E-state index contributed by atoms with van der Waals surface area (Å²) in [6, 6.07) is 32.8. The topological polar surface area (TPSA) is 272 Å². The van der Waals surface area contributed by atoms with E-state index in [1.165, 1.54) is 36.1 Å². The van der Waals surface area contributed by atoms with Crippen molar-refractivity contribution in [3.63, 3.8) is 0 Å². The van der Waals surface area contributed by atoms with Crippen molar-refractivity contribution in [2.45, 2.75) is 137 Å². The van der Waals surface area contributed by atoms with E-state index in [9.17, 15) is 19.2 Å². The Morgan fingerprint density at radius 2 is 0.874 bits per heavy atom. The summed E-state index contributed by atoms with van der Waals surface area (Å²) in [5.41, 5.74) is 21.6. The lowest BCUT2D eigenvalue weighted by Crippen LogP contribution is -2.50. The Morgan fingerprint density at radius 3 is 1.34 bits per heavy atom. The van der Waals surface area contributed by atoms with Crippen molar-refractivity contribution in [3.05, 3.63) is 244 Å². The van der Waals surface area contributed by atoms with Crippen LogP contribution in [0.3, 0.4) is 0 Å². The van der Waals surface area contributed by atoms with Gasteiger partial charge in [-0.05, 0) is 259 Å². The summed E-state index contributed by atoms with van der Waals surface area (Å²) < 4.78 is 22.9. The number of piperazine rings is 1. The molecule has 0 spiro atoms. The van der Waals surface area contributed by atoms with Gasteiger partial charge in [-0.15, -0.1) is 0 Å². The molecule has 0 radical (unpaired) electrons. The zero-order chi connectivity index (χ0) is 82.4. The van der Waals surface area contributed by atoms with Crippen LogP contribution in [-0.2, 0) is 6.42 Å². The van der Waals surface area contributed by atoms with Crippen molar-refractivity contribution in [2.24, 2.45) is 0 Å². The number of piperidine rings is 3. The Kier molecular flexibility index (Phi) is 22.4. The maximum atomic E-state index is 13.2. The van der Waals surface area contributed by atoms with Gasteiger partial charge in [0.2, 0.25) is 0 Å². The highest BCUT2D eigenvalue weighted by Crippen LogP contribution is 2.35. The first kappa shape index (κ1) is 79.2. The molecular weight excluding hydrogens is 1500 g/mol. The Labute approximate surface area is 688 Å². The smallest absolute Gasteiger partial charge is 0.258 e. The van der Waals surface area contributed by atoms with Crippen molar-refractivity contribution in [1.29, 1.82) is 0 Å². The van der Waals surface area contributed by atoms with E-state index >= 15 is 0 Å². The first-order valence-electron chi connectivity index (χ1n) is 41.7. The van der Waals surface area contributed by atoms with Crippen LogP contribution in [0.1, 0.15) is 139 Å². The number of anilines is 1. The molecule has 5 aliphatic rings. The molecule has 1 atom stereocenters. The molecule has 0 amide bonds. The molecule has 5 fully saturated rings. The van der Waals surface area contributed by atoms with Gasteiger partial charge in [-0.3, -0.25) is 56.6 Å². The summed E-state index contributed by atoms with van der Waals surface area (Å²) in [5, 5.41) is 17.2. The van der Waals surface area contributed by atoms with E-state index in [1.54, 1.807) is 65.1 Å². The molecule has 119 heavy (non-hydrogen) atoms. The fourth-order valence-electron chi connectivity index (χ4n) is 17.9. The molecule has 20 rings (SSSR count). The van der Waals surface area contributed by atoms with Crippen molar-refractivity contribution in [1.82, 2.24) is 101 Å². The lowest BCUT2D eigenvalue weighted by molar-refractivity contribution is 0.222. The van der Waals surface area contributed by atoms with Crippen LogP contribution in [0.25, 0.3) is 84.6 Å². The minimum absolute atomic E-state index is 0.0733. The predicted molar refractivity (Wildman–Crippen MR) is 463 cm³/mol. The van der Waals surface area contributed by atoms with Gasteiger partial charge in [0, 0.05) is 80.3 Å². The standard InChI is InChI=1S/C25H30N4O3.C23H26N6O.C22H24N6O.C21H22N6O/c1-4-17-12-20(28-11-10-27-9-5-6-19(27)15-28)16-29-24(30)14-21(26-25(17)29)18-7-8-22(31-2)23(13-18)32-3;1-4-27-9-7-17(8-10-27)18-5-6-22-25-19(12-23(30)28(22)14-18)20-11-21-16(3)24-15(2)13-29(21)26-20;1-14-12-28-20(15(2)23-14)10-19(25-28)18-11-22(29)27-13-17(4-5-21(27)24-18)16-6-8-26(3)9-7-16;1-13-11-27-19(14(2)23-13)9-18(25-27)17-10-21(28)26-12-16(3-4-20(26)24-17)15-5-7-22-8-6-15/h7-8,12-14,16,19H,4-6,9-11,15H2,1-3H3;5-6,11-14,17H,4,7-10H2,1-3H3;4-5,10-13,16H,6-9H2,1-3H3;3-4,9-12,15,22H,5-8H2,1-2H3/t19-;;;/m1.../s1. The molecule has 0 bridgehead atoms. The zero-order valence-corrected chi connectivity index (χ0v) is 69.6. The van der Waals surface area contributed by atoms with Crippen LogP contribution in [0, 0.1) is 41.5 Å². The molecular formula is C91H102N22O6. The number of methoxy groups -OCH3 is 2. The van der Waals surface area contributed by atoms with E-state index in [2.05, 4.69) is 100 Å². The number of hydrogen-bond acceptors (Lipinski definition) is 21. The van der Waals surface area contributed by atoms with E-state index < -0.39 is 0 Å². The number of aromatic nitrogens is 17. The summed E-state index contributed by atoms with van der Waals surface area (Å²) in [7, 11) is 5.37. The highest BCUT2D eigenvalue weighted by Gasteiger charge is 2.32. The van der Waals surface area contributed by atoms with Crippen molar-refractivity contribution in [2.75, 3.05) is 98.2 Å².